The highest BCUT2D eigenvalue weighted by Crippen LogP contribution is 2.19. The molecule has 0 spiro atoms. The van der Waals surface area contributed by atoms with Crippen molar-refractivity contribution in [2.75, 3.05) is 13.6 Å². The number of halogens is 2. The Kier molecular flexibility index (Phi) is 4.95. The van der Waals surface area contributed by atoms with Crippen LogP contribution in [-0.4, -0.2) is 37.0 Å². The van der Waals surface area contributed by atoms with Gasteiger partial charge < -0.3 is 5.11 Å². The fourth-order valence-electron chi connectivity index (χ4n) is 1.59. The Labute approximate surface area is 117 Å². The van der Waals surface area contributed by atoms with Crippen molar-refractivity contribution in [1.29, 1.82) is 0 Å². The van der Waals surface area contributed by atoms with Crippen LogP contribution in [0.5, 0.6) is 0 Å². The summed E-state index contributed by atoms with van der Waals surface area (Å²) in [6, 6.07) is 3.78. The second kappa shape index (κ2) is 5.75. The Morgan fingerprint density at radius 1 is 1.42 bits per heavy atom. The zero-order chi connectivity index (χ0) is 14.8. The lowest BCUT2D eigenvalue weighted by atomic mass is 10.1. The lowest BCUT2D eigenvalue weighted by Gasteiger charge is -2.25. The van der Waals surface area contributed by atoms with Crippen LogP contribution in [0.15, 0.2) is 18.2 Å². The molecule has 7 heteroatoms. The summed E-state index contributed by atoms with van der Waals surface area (Å²) >= 11 is 5.61. The maximum absolute atomic E-state index is 13.0. The minimum Gasteiger partial charge on any atom is -0.389 e. The number of rotatable bonds is 5. The van der Waals surface area contributed by atoms with Gasteiger partial charge in [0.1, 0.15) is 5.82 Å². The minimum atomic E-state index is -3.58. The van der Waals surface area contributed by atoms with Gasteiger partial charge in [0.2, 0.25) is 10.0 Å². The van der Waals surface area contributed by atoms with Crippen LogP contribution >= 0.6 is 11.6 Å². The van der Waals surface area contributed by atoms with Crippen LogP contribution < -0.4 is 0 Å². The monoisotopic (exact) mass is 309 g/mol. The first-order chi connectivity index (χ1) is 8.51. The number of benzene rings is 1. The lowest BCUT2D eigenvalue weighted by molar-refractivity contribution is 0.0639. The molecular formula is C12H17ClFNO3S. The van der Waals surface area contributed by atoms with Crippen LogP contribution in [-0.2, 0) is 15.8 Å². The average molecular weight is 310 g/mol. The van der Waals surface area contributed by atoms with Crippen LogP contribution in [0, 0.1) is 5.82 Å². The zero-order valence-electron chi connectivity index (χ0n) is 11.0. The van der Waals surface area contributed by atoms with Crippen LogP contribution in [0.3, 0.4) is 0 Å². The molecule has 0 fully saturated rings. The first-order valence-corrected chi connectivity index (χ1v) is 7.60. The van der Waals surface area contributed by atoms with E-state index in [1.807, 2.05) is 0 Å². The van der Waals surface area contributed by atoms with E-state index >= 15 is 0 Å². The van der Waals surface area contributed by atoms with Crippen molar-refractivity contribution in [1.82, 2.24) is 4.31 Å². The second-order valence-electron chi connectivity index (χ2n) is 5.07. The van der Waals surface area contributed by atoms with Crippen molar-refractivity contribution < 1.29 is 17.9 Å². The third-order valence-corrected chi connectivity index (χ3v) is 4.48. The van der Waals surface area contributed by atoms with E-state index in [9.17, 15) is 17.9 Å². The van der Waals surface area contributed by atoms with Gasteiger partial charge in [0.15, 0.2) is 0 Å². The zero-order valence-corrected chi connectivity index (χ0v) is 12.6. The van der Waals surface area contributed by atoms with E-state index in [-0.39, 0.29) is 17.3 Å². The maximum atomic E-state index is 13.0. The molecule has 0 saturated carbocycles. The number of hydrogen-bond acceptors (Lipinski definition) is 3. The normalized spacial score (nSPS) is 13.0. The average Bonchev–Trinajstić information content (AvgIpc) is 2.20. The Hall–Kier alpha value is -0.690. The Morgan fingerprint density at radius 3 is 2.47 bits per heavy atom. The SMILES string of the molecule is CN(CC(C)(C)O)S(=O)(=O)Cc1ccc(F)c(Cl)c1. The van der Waals surface area contributed by atoms with Crippen LogP contribution in [0.2, 0.25) is 5.02 Å². The van der Waals surface area contributed by atoms with Crippen molar-refractivity contribution in [3.05, 3.63) is 34.6 Å². The molecule has 0 aliphatic carbocycles. The van der Waals surface area contributed by atoms with Gasteiger partial charge in [-0.25, -0.2) is 17.1 Å². The van der Waals surface area contributed by atoms with E-state index in [1.54, 1.807) is 0 Å². The first-order valence-electron chi connectivity index (χ1n) is 5.61. The molecule has 0 radical (unpaired) electrons. The van der Waals surface area contributed by atoms with Gasteiger partial charge in [0.25, 0.3) is 0 Å². The Bertz CT molecular complexity index is 555. The van der Waals surface area contributed by atoms with E-state index in [1.165, 1.54) is 33.0 Å². The molecule has 0 atom stereocenters. The maximum Gasteiger partial charge on any atom is 0.218 e. The van der Waals surface area contributed by atoms with Crippen molar-refractivity contribution in [2.45, 2.75) is 25.2 Å². The first kappa shape index (κ1) is 16.4. The van der Waals surface area contributed by atoms with E-state index in [0.29, 0.717) is 5.56 Å². The lowest BCUT2D eigenvalue weighted by Crippen LogP contribution is -2.40. The summed E-state index contributed by atoms with van der Waals surface area (Å²) in [6.45, 7) is 3.02. The smallest absolute Gasteiger partial charge is 0.218 e. The molecule has 0 bridgehead atoms. The van der Waals surface area contributed by atoms with Gasteiger partial charge >= 0.3 is 0 Å². The fraction of sp³-hybridized carbons (Fsp3) is 0.500. The van der Waals surface area contributed by atoms with Crippen molar-refractivity contribution in [3.8, 4) is 0 Å². The van der Waals surface area contributed by atoms with Crippen LogP contribution in [0.25, 0.3) is 0 Å². The predicted octanol–water partition coefficient (Wildman–Crippen LogP) is 2.01. The standard InChI is InChI=1S/C12H17ClFNO3S/c1-12(2,16)8-15(3)19(17,18)7-9-4-5-11(14)10(13)6-9/h4-6,16H,7-8H2,1-3H3. The molecule has 0 aliphatic heterocycles. The number of sulfonamides is 1. The quantitative estimate of drug-likeness (QED) is 0.905. The van der Waals surface area contributed by atoms with Crippen molar-refractivity contribution in [3.63, 3.8) is 0 Å². The van der Waals surface area contributed by atoms with E-state index < -0.39 is 21.4 Å². The molecule has 0 amide bonds. The van der Waals surface area contributed by atoms with Crippen LogP contribution in [0.1, 0.15) is 19.4 Å². The van der Waals surface area contributed by atoms with Gasteiger partial charge in [0.05, 0.1) is 16.4 Å². The molecule has 0 saturated heterocycles. The molecule has 108 valence electrons. The molecule has 19 heavy (non-hydrogen) atoms. The highest BCUT2D eigenvalue weighted by atomic mass is 35.5. The molecule has 1 aromatic carbocycles. The van der Waals surface area contributed by atoms with Crippen molar-refractivity contribution >= 4 is 21.6 Å². The highest BCUT2D eigenvalue weighted by Gasteiger charge is 2.25. The minimum absolute atomic E-state index is 0.0236. The second-order valence-corrected chi connectivity index (χ2v) is 7.56. The molecule has 4 nitrogen and oxygen atoms in total. The molecule has 1 rings (SSSR count). The molecule has 0 aromatic heterocycles. The largest absolute Gasteiger partial charge is 0.389 e. The van der Waals surface area contributed by atoms with Crippen LogP contribution in [0.4, 0.5) is 4.39 Å². The van der Waals surface area contributed by atoms with Gasteiger partial charge in [-0.1, -0.05) is 17.7 Å². The Morgan fingerprint density at radius 2 is 2.00 bits per heavy atom. The summed E-state index contributed by atoms with van der Waals surface area (Å²) in [7, 11) is -2.20. The third kappa shape index (κ3) is 5.06. The molecule has 1 N–H and O–H groups in total. The summed E-state index contributed by atoms with van der Waals surface area (Å²) in [4.78, 5) is 0. The van der Waals surface area contributed by atoms with Gasteiger partial charge in [0, 0.05) is 13.6 Å². The summed E-state index contributed by atoms with van der Waals surface area (Å²) in [5.41, 5.74) is -0.726. The number of nitrogens with zero attached hydrogens (tertiary/aromatic N) is 1. The molecule has 0 aliphatic rings. The summed E-state index contributed by atoms with van der Waals surface area (Å²) in [6.07, 6.45) is 0. The Balaban J connectivity index is 2.87. The number of likely N-dealkylation sites (N-methyl/N-ethyl adjacent to an activating group) is 1. The van der Waals surface area contributed by atoms with Crippen molar-refractivity contribution in [2.24, 2.45) is 0 Å². The molecule has 1 aromatic rings. The summed E-state index contributed by atoms with van der Waals surface area (Å²) in [5.74, 6) is -0.882. The van der Waals surface area contributed by atoms with Gasteiger partial charge in [-0.15, -0.1) is 0 Å². The number of hydrogen-bond donors (Lipinski definition) is 1. The topological polar surface area (TPSA) is 57.6 Å². The highest BCUT2D eigenvalue weighted by molar-refractivity contribution is 7.88. The third-order valence-electron chi connectivity index (χ3n) is 2.42. The van der Waals surface area contributed by atoms with E-state index in [2.05, 4.69) is 0 Å². The molecular weight excluding hydrogens is 293 g/mol. The molecule has 0 unspecified atom stereocenters. The summed E-state index contributed by atoms with van der Waals surface area (Å²) in [5, 5.41) is 9.51. The van der Waals surface area contributed by atoms with Gasteiger partial charge in [-0.05, 0) is 31.5 Å². The summed E-state index contributed by atoms with van der Waals surface area (Å²) < 4.78 is 38.2. The predicted molar refractivity (Wildman–Crippen MR) is 73.0 cm³/mol. The van der Waals surface area contributed by atoms with Gasteiger partial charge in [-0.2, -0.15) is 0 Å². The molecule has 0 heterocycles. The van der Waals surface area contributed by atoms with Gasteiger partial charge in [-0.3, -0.25) is 0 Å². The number of aliphatic hydroxyl groups is 1. The van der Waals surface area contributed by atoms with E-state index in [0.717, 1.165) is 10.4 Å². The van der Waals surface area contributed by atoms with E-state index in [4.69, 9.17) is 11.6 Å². The fourth-order valence-corrected chi connectivity index (χ4v) is 3.13.